The molecule has 29 heavy (non-hydrogen) atoms. The van der Waals surface area contributed by atoms with E-state index in [1.165, 1.54) is 6.42 Å². The van der Waals surface area contributed by atoms with Crippen LogP contribution in [0.3, 0.4) is 0 Å². The van der Waals surface area contributed by atoms with Gasteiger partial charge in [0, 0.05) is 56.9 Å². The number of piperidine rings is 1. The van der Waals surface area contributed by atoms with Gasteiger partial charge in [-0.05, 0) is 56.0 Å². The number of nitrogens with zero attached hydrogens (tertiary/aromatic N) is 3. The van der Waals surface area contributed by atoms with Crippen molar-refractivity contribution in [1.29, 1.82) is 0 Å². The van der Waals surface area contributed by atoms with E-state index in [0.29, 0.717) is 5.69 Å². The van der Waals surface area contributed by atoms with Gasteiger partial charge in [0.25, 0.3) is 0 Å². The molecular weight excluding hydrogens is 366 g/mol. The van der Waals surface area contributed by atoms with Crippen LogP contribution in [0.25, 0.3) is 0 Å². The van der Waals surface area contributed by atoms with E-state index in [2.05, 4.69) is 20.5 Å². The lowest BCUT2D eigenvalue weighted by Crippen LogP contribution is -2.36. The van der Waals surface area contributed by atoms with Gasteiger partial charge in [0.15, 0.2) is 0 Å². The highest BCUT2D eigenvalue weighted by Gasteiger charge is 2.18. The zero-order valence-corrected chi connectivity index (χ0v) is 17.4. The first-order valence-corrected chi connectivity index (χ1v) is 10.0. The van der Waals surface area contributed by atoms with Crippen molar-refractivity contribution >= 4 is 29.0 Å². The lowest BCUT2D eigenvalue weighted by molar-refractivity contribution is -0.136. The predicted octanol–water partition coefficient (Wildman–Crippen LogP) is 2.70. The molecule has 154 valence electrons. The van der Waals surface area contributed by atoms with Crippen LogP contribution in [0.15, 0.2) is 36.5 Å². The van der Waals surface area contributed by atoms with Gasteiger partial charge in [-0.1, -0.05) is 6.07 Å². The van der Waals surface area contributed by atoms with E-state index in [-0.39, 0.29) is 6.54 Å². The molecule has 0 saturated carbocycles. The van der Waals surface area contributed by atoms with Crippen LogP contribution in [0.2, 0.25) is 0 Å². The molecule has 1 saturated heterocycles. The molecule has 7 nitrogen and oxygen atoms in total. The molecule has 2 aromatic rings. The Bertz CT molecular complexity index is 875. The summed E-state index contributed by atoms with van der Waals surface area (Å²) in [6.45, 7) is 4.18. The number of anilines is 3. The van der Waals surface area contributed by atoms with Crippen molar-refractivity contribution in [2.45, 2.75) is 32.7 Å². The van der Waals surface area contributed by atoms with E-state index in [9.17, 15) is 9.59 Å². The minimum Gasteiger partial charge on any atom is -0.377 e. The normalized spacial score (nSPS) is 13.7. The van der Waals surface area contributed by atoms with Gasteiger partial charge >= 0.3 is 11.8 Å². The summed E-state index contributed by atoms with van der Waals surface area (Å²) in [6.07, 6.45) is 5.31. The fourth-order valence-corrected chi connectivity index (χ4v) is 3.64. The molecule has 2 amide bonds. The van der Waals surface area contributed by atoms with Crippen LogP contribution >= 0.6 is 0 Å². The molecule has 7 heteroatoms. The Kier molecular flexibility index (Phi) is 6.69. The minimum atomic E-state index is -0.676. The summed E-state index contributed by atoms with van der Waals surface area (Å²) < 4.78 is 0. The Morgan fingerprint density at radius 3 is 2.55 bits per heavy atom. The summed E-state index contributed by atoms with van der Waals surface area (Å²) in [7, 11) is 3.93. The maximum atomic E-state index is 12.3. The largest absolute Gasteiger partial charge is 0.377 e. The lowest BCUT2D eigenvalue weighted by Gasteiger charge is -2.29. The SMILES string of the molecule is Cc1cc(NC(=O)C(=O)NCc2cccnc2N2CCCCC2)ccc1N(C)C. The Morgan fingerprint density at radius 2 is 1.86 bits per heavy atom. The summed E-state index contributed by atoms with van der Waals surface area (Å²) in [5, 5.41) is 5.38. The lowest BCUT2D eigenvalue weighted by atomic mass is 10.1. The monoisotopic (exact) mass is 395 g/mol. The predicted molar refractivity (Wildman–Crippen MR) is 116 cm³/mol. The standard InChI is InChI=1S/C22H29N5O2/c1-16-14-18(9-10-19(16)26(2)3)25-22(29)21(28)24-15-17-8-7-11-23-20(17)27-12-5-4-6-13-27/h7-11,14H,4-6,12-13,15H2,1-3H3,(H,24,28)(H,25,29). The number of rotatable bonds is 5. The molecule has 2 heterocycles. The Hall–Kier alpha value is -3.09. The highest BCUT2D eigenvalue weighted by atomic mass is 16.2. The van der Waals surface area contributed by atoms with Crippen LogP contribution in [0.5, 0.6) is 0 Å². The molecule has 1 fully saturated rings. The van der Waals surface area contributed by atoms with Crippen molar-refractivity contribution in [3.05, 3.63) is 47.7 Å². The second-order valence-electron chi connectivity index (χ2n) is 7.57. The number of amides is 2. The molecular formula is C22H29N5O2. The molecule has 3 rings (SSSR count). The van der Waals surface area contributed by atoms with E-state index in [4.69, 9.17) is 0 Å². The maximum absolute atomic E-state index is 12.3. The number of nitrogens with one attached hydrogen (secondary N) is 2. The van der Waals surface area contributed by atoms with Gasteiger partial charge in [-0.3, -0.25) is 9.59 Å². The molecule has 0 atom stereocenters. The van der Waals surface area contributed by atoms with E-state index in [1.807, 2.05) is 50.2 Å². The Labute approximate surface area is 172 Å². The highest BCUT2D eigenvalue weighted by molar-refractivity contribution is 6.39. The summed E-state index contributed by atoms with van der Waals surface area (Å²) >= 11 is 0. The topological polar surface area (TPSA) is 77.6 Å². The number of benzene rings is 1. The number of aryl methyl sites for hydroxylation is 1. The summed E-state index contributed by atoms with van der Waals surface area (Å²) in [5.74, 6) is -0.444. The number of aromatic nitrogens is 1. The van der Waals surface area contributed by atoms with Gasteiger partial charge in [-0.2, -0.15) is 0 Å². The quantitative estimate of drug-likeness (QED) is 0.761. The summed E-state index contributed by atoms with van der Waals surface area (Å²) in [6, 6.07) is 9.37. The smallest absolute Gasteiger partial charge is 0.313 e. The average molecular weight is 396 g/mol. The zero-order chi connectivity index (χ0) is 20.8. The third-order valence-corrected chi connectivity index (χ3v) is 5.11. The molecule has 2 N–H and O–H groups in total. The molecule has 1 aliphatic rings. The number of pyridine rings is 1. The van der Waals surface area contributed by atoms with Gasteiger partial charge in [0.2, 0.25) is 0 Å². The zero-order valence-electron chi connectivity index (χ0n) is 17.4. The molecule has 0 spiro atoms. The third kappa shape index (κ3) is 5.25. The van der Waals surface area contributed by atoms with E-state index >= 15 is 0 Å². The first kappa shape index (κ1) is 20.6. The molecule has 0 bridgehead atoms. The van der Waals surface area contributed by atoms with Crippen LogP contribution in [-0.2, 0) is 16.1 Å². The van der Waals surface area contributed by atoms with Gasteiger partial charge in [-0.15, -0.1) is 0 Å². The third-order valence-electron chi connectivity index (χ3n) is 5.11. The van der Waals surface area contributed by atoms with Crippen molar-refractivity contribution in [2.24, 2.45) is 0 Å². The molecule has 0 radical (unpaired) electrons. The van der Waals surface area contributed by atoms with E-state index < -0.39 is 11.8 Å². The first-order chi connectivity index (χ1) is 14.0. The van der Waals surface area contributed by atoms with Crippen molar-refractivity contribution in [3.8, 4) is 0 Å². The molecule has 1 aliphatic heterocycles. The van der Waals surface area contributed by atoms with Crippen molar-refractivity contribution in [3.63, 3.8) is 0 Å². The van der Waals surface area contributed by atoms with Crippen LogP contribution < -0.4 is 20.4 Å². The highest BCUT2D eigenvalue weighted by Crippen LogP contribution is 2.22. The maximum Gasteiger partial charge on any atom is 0.313 e. The van der Waals surface area contributed by atoms with Gasteiger partial charge in [0.1, 0.15) is 5.82 Å². The van der Waals surface area contributed by atoms with E-state index in [0.717, 1.165) is 48.6 Å². The number of carbonyl (C=O) groups is 2. The van der Waals surface area contributed by atoms with Crippen molar-refractivity contribution < 1.29 is 9.59 Å². The second-order valence-corrected chi connectivity index (χ2v) is 7.57. The van der Waals surface area contributed by atoms with Gasteiger partial charge < -0.3 is 20.4 Å². The van der Waals surface area contributed by atoms with Crippen molar-refractivity contribution in [1.82, 2.24) is 10.3 Å². The minimum absolute atomic E-state index is 0.268. The Morgan fingerprint density at radius 1 is 1.10 bits per heavy atom. The summed E-state index contributed by atoms with van der Waals surface area (Å²) in [5.41, 5.74) is 3.61. The fraction of sp³-hybridized carbons (Fsp3) is 0.409. The molecule has 1 aromatic carbocycles. The Balaban J connectivity index is 1.60. The average Bonchev–Trinajstić information content (AvgIpc) is 2.72. The van der Waals surface area contributed by atoms with Crippen LogP contribution in [0.4, 0.5) is 17.2 Å². The fourth-order valence-electron chi connectivity index (χ4n) is 3.64. The molecule has 1 aromatic heterocycles. The number of hydrogen-bond acceptors (Lipinski definition) is 5. The van der Waals surface area contributed by atoms with E-state index in [1.54, 1.807) is 12.3 Å². The second kappa shape index (κ2) is 9.41. The van der Waals surface area contributed by atoms with Crippen LogP contribution in [0.1, 0.15) is 30.4 Å². The molecule has 0 unspecified atom stereocenters. The number of carbonyl (C=O) groups excluding carboxylic acids is 2. The molecule has 0 aliphatic carbocycles. The van der Waals surface area contributed by atoms with Crippen LogP contribution in [-0.4, -0.2) is 44.0 Å². The number of hydrogen-bond donors (Lipinski definition) is 2. The van der Waals surface area contributed by atoms with Gasteiger partial charge in [-0.25, -0.2) is 4.98 Å². The van der Waals surface area contributed by atoms with Crippen LogP contribution in [0, 0.1) is 6.92 Å². The summed E-state index contributed by atoms with van der Waals surface area (Å²) in [4.78, 5) is 33.3. The van der Waals surface area contributed by atoms with Crippen molar-refractivity contribution in [2.75, 3.05) is 42.3 Å². The first-order valence-electron chi connectivity index (χ1n) is 10.0. The van der Waals surface area contributed by atoms with Gasteiger partial charge in [0.05, 0.1) is 0 Å².